The van der Waals surface area contributed by atoms with Crippen molar-refractivity contribution in [2.75, 3.05) is 5.32 Å². The first-order valence-electron chi connectivity index (χ1n) is 5.97. The Bertz CT molecular complexity index is 734. The second kappa shape index (κ2) is 5.26. The summed E-state index contributed by atoms with van der Waals surface area (Å²) < 4.78 is 4.95. The Hall–Kier alpha value is -2.47. The quantitative estimate of drug-likeness (QED) is 0.801. The molecule has 0 bridgehead atoms. The van der Waals surface area contributed by atoms with E-state index < -0.39 is 0 Å². The molecule has 0 atom stereocenters. The predicted molar refractivity (Wildman–Crippen MR) is 76.7 cm³/mol. The number of carbonyl (C=O) groups is 1. The van der Waals surface area contributed by atoms with Crippen molar-refractivity contribution in [3.63, 3.8) is 0 Å². The lowest BCUT2D eigenvalue weighted by molar-refractivity contribution is 0.102. The first-order chi connectivity index (χ1) is 9.72. The Morgan fingerprint density at radius 1 is 1.35 bits per heavy atom. The molecule has 1 aromatic carbocycles. The molecule has 0 aliphatic carbocycles. The molecule has 0 fully saturated rings. The summed E-state index contributed by atoms with van der Waals surface area (Å²) in [4.78, 5) is 16.1. The maximum Gasteiger partial charge on any atom is 0.256 e. The Morgan fingerprint density at radius 2 is 2.25 bits per heavy atom. The predicted octanol–water partition coefficient (Wildman–Crippen LogP) is 3.36. The lowest BCUT2D eigenvalue weighted by Gasteiger charge is -2.04. The van der Waals surface area contributed by atoms with Gasteiger partial charge in [-0.1, -0.05) is 17.3 Å². The Kier molecular flexibility index (Phi) is 3.30. The van der Waals surface area contributed by atoms with Gasteiger partial charge in [-0.25, -0.2) is 0 Å². The highest BCUT2D eigenvalue weighted by Crippen LogP contribution is 2.20. The summed E-state index contributed by atoms with van der Waals surface area (Å²) in [5.74, 6) is 0.884. The SMILES string of the molecule is Cc1nc(-c2cccc(NC(=O)c3ccsc3)c2)no1. The van der Waals surface area contributed by atoms with E-state index in [-0.39, 0.29) is 5.91 Å². The van der Waals surface area contributed by atoms with Gasteiger partial charge in [0.25, 0.3) is 5.91 Å². The maximum atomic E-state index is 12.0. The van der Waals surface area contributed by atoms with Crippen molar-refractivity contribution in [2.24, 2.45) is 0 Å². The van der Waals surface area contributed by atoms with Crippen LogP contribution in [0.2, 0.25) is 0 Å². The Labute approximate surface area is 119 Å². The summed E-state index contributed by atoms with van der Waals surface area (Å²) in [5.41, 5.74) is 2.14. The number of nitrogens with one attached hydrogen (secondary N) is 1. The first kappa shape index (κ1) is 12.6. The van der Waals surface area contributed by atoms with Crippen molar-refractivity contribution in [3.8, 4) is 11.4 Å². The molecule has 0 radical (unpaired) electrons. The zero-order valence-electron chi connectivity index (χ0n) is 10.7. The molecule has 2 heterocycles. The lowest BCUT2D eigenvalue weighted by atomic mass is 10.2. The highest BCUT2D eigenvalue weighted by Gasteiger charge is 2.09. The number of thiophene rings is 1. The minimum Gasteiger partial charge on any atom is -0.339 e. The number of carbonyl (C=O) groups excluding carboxylic acids is 1. The van der Waals surface area contributed by atoms with Gasteiger partial charge >= 0.3 is 0 Å². The van der Waals surface area contributed by atoms with Crippen LogP contribution < -0.4 is 5.32 Å². The number of aromatic nitrogens is 2. The number of hydrogen-bond donors (Lipinski definition) is 1. The molecule has 0 unspecified atom stereocenters. The Balaban J connectivity index is 1.83. The smallest absolute Gasteiger partial charge is 0.256 e. The molecule has 2 aromatic heterocycles. The number of rotatable bonds is 3. The summed E-state index contributed by atoms with van der Waals surface area (Å²) in [6.07, 6.45) is 0. The summed E-state index contributed by atoms with van der Waals surface area (Å²) in [6.45, 7) is 1.73. The monoisotopic (exact) mass is 285 g/mol. The number of amides is 1. The van der Waals surface area contributed by atoms with Gasteiger partial charge in [0, 0.05) is 23.6 Å². The van der Waals surface area contributed by atoms with Crippen LogP contribution in [0.1, 0.15) is 16.2 Å². The maximum absolute atomic E-state index is 12.0. The topological polar surface area (TPSA) is 68.0 Å². The molecule has 5 nitrogen and oxygen atoms in total. The van der Waals surface area contributed by atoms with Gasteiger partial charge in [-0.05, 0) is 23.6 Å². The van der Waals surface area contributed by atoms with E-state index in [9.17, 15) is 4.79 Å². The van der Waals surface area contributed by atoms with Gasteiger partial charge in [-0.3, -0.25) is 4.79 Å². The van der Waals surface area contributed by atoms with E-state index in [1.165, 1.54) is 11.3 Å². The van der Waals surface area contributed by atoms with Crippen LogP contribution in [0.25, 0.3) is 11.4 Å². The molecule has 3 aromatic rings. The molecular formula is C14H11N3O2S. The molecule has 0 aliphatic rings. The van der Waals surface area contributed by atoms with E-state index in [4.69, 9.17) is 4.52 Å². The molecular weight excluding hydrogens is 274 g/mol. The average molecular weight is 285 g/mol. The number of aryl methyl sites for hydroxylation is 1. The highest BCUT2D eigenvalue weighted by atomic mass is 32.1. The summed E-state index contributed by atoms with van der Waals surface area (Å²) in [7, 11) is 0. The van der Waals surface area contributed by atoms with E-state index in [2.05, 4.69) is 15.5 Å². The fourth-order valence-electron chi connectivity index (χ4n) is 1.75. The van der Waals surface area contributed by atoms with Gasteiger partial charge in [0.05, 0.1) is 5.56 Å². The van der Waals surface area contributed by atoms with E-state index >= 15 is 0 Å². The van der Waals surface area contributed by atoms with Crippen LogP contribution in [0.3, 0.4) is 0 Å². The zero-order valence-corrected chi connectivity index (χ0v) is 11.5. The third-order valence-electron chi connectivity index (χ3n) is 2.69. The van der Waals surface area contributed by atoms with E-state index in [0.29, 0.717) is 23.0 Å². The van der Waals surface area contributed by atoms with Crippen LogP contribution in [-0.4, -0.2) is 16.0 Å². The highest BCUT2D eigenvalue weighted by molar-refractivity contribution is 7.08. The number of benzene rings is 1. The molecule has 1 amide bonds. The molecule has 0 aliphatic heterocycles. The van der Waals surface area contributed by atoms with Crippen LogP contribution >= 0.6 is 11.3 Å². The van der Waals surface area contributed by atoms with Crippen molar-refractivity contribution in [2.45, 2.75) is 6.92 Å². The van der Waals surface area contributed by atoms with Gasteiger partial charge in [0.1, 0.15) is 0 Å². The second-order valence-corrected chi connectivity index (χ2v) is 4.96. The van der Waals surface area contributed by atoms with E-state index in [1.807, 2.05) is 35.0 Å². The number of hydrogen-bond acceptors (Lipinski definition) is 5. The van der Waals surface area contributed by atoms with Crippen LogP contribution in [0.4, 0.5) is 5.69 Å². The van der Waals surface area contributed by atoms with Crippen LogP contribution in [0.15, 0.2) is 45.6 Å². The molecule has 0 saturated carbocycles. The fraction of sp³-hybridized carbons (Fsp3) is 0.0714. The van der Waals surface area contributed by atoms with Gasteiger partial charge < -0.3 is 9.84 Å². The molecule has 1 N–H and O–H groups in total. The van der Waals surface area contributed by atoms with Crippen molar-refractivity contribution >= 4 is 22.9 Å². The van der Waals surface area contributed by atoms with Gasteiger partial charge in [0.2, 0.25) is 11.7 Å². The van der Waals surface area contributed by atoms with E-state index in [1.54, 1.807) is 13.0 Å². The zero-order chi connectivity index (χ0) is 13.9. The fourth-order valence-corrected chi connectivity index (χ4v) is 2.39. The minimum absolute atomic E-state index is 0.132. The molecule has 3 rings (SSSR count). The van der Waals surface area contributed by atoms with Gasteiger partial charge in [-0.2, -0.15) is 16.3 Å². The largest absolute Gasteiger partial charge is 0.339 e. The van der Waals surface area contributed by atoms with Crippen LogP contribution in [0, 0.1) is 6.92 Å². The number of anilines is 1. The molecule has 0 saturated heterocycles. The Morgan fingerprint density at radius 3 is 2.95 bits per heavy atom. The van der Waals surface area contributed by atoms with Crippen LogP contribution in [-0.2, 0) is 0 Å². The summed E-state index contributed by atoms with van der Waals surface area (Å²) in [6, 6.07) is 9.12. The van der Waals surface area contributed by atoms with Crippen molar-refractivity contribution in [1.82, 2.24) is 10.1 Å². The minimum atomic E-state index is -0.132. The third kappa shape index (κ3) is 2.60. The van der Waals surface area contributed by atoms with E-state index in [0.717, 1.165) is 5.56 Å². The van der Waals surface area contributed by atoms with Gasteiger partial charge in [0.15, 0.2) is 0 Å². The van der Waals surface area contributed by atoms with Gasteiger partial charge in [-0.15, -0.1) is 0 Å². The number of nitrogens with zero attached hydrogens (tertiary/aromatic N) is 2. The molecule has 6 heteroatoms. The third-order valence-corrected chi connectivity index (χ3v) is 3.37. The second-order valence-electron chi connectivity index (χ2n) is 4.18. The normalized spacial score (nSPS) is 10.4. The van der Waals surface area contributed by atoms with Crippen molar-refractivity contribution in [3.05, 3.63) is 52.5 Å². The molecule has 0 spiro atoms. The summed E-state index contributed by atoms with van der Waals surface area (Å²) in [5, 5.41) is 10.4. The van der Waals surface area contributed by atoms with Crippen LogP contribution in [0.5, 0.6) is 0 Å². The lowest BCUT2D eigenvalue weighted by Crippen LogP contribution is -2.10. The standard InChI is InChI=1S/C14H11N3O2S/c1-9-15-13(17-19-9)10-3-2-4-12(7-10)16-14(18)11-5-6-20-8-11/h2-8H,1H3,(H,16,18). The van der Waals surface area contributed by atoms with Crippen molar-refractivity contribution in [1.29, 1.82) is 0 Å². The average Bonchev–Trinajstić information content (AvgIpc) is 3.10. The first-order valence-corrected chi connectivity index (χ1v) is 6.91. The molecule has 100 valence electrons. The van der Waals surface area contributed by atoms with Crippen molar-refractivity contribution < 1.29 is 9.32 Å². The summed E-state index contributed by atoms with van der Waals surface area (Å²) >= 11 is 1.49. The molecule has 20 heavy (non-hydrogen) atoms.